The van der Waals surface area contributed by atoms with Crippen molar-refractivity contribution in [1.82, 2.24) is 29.7 Å². The maximum absolute atomic E-state index is 5.87. The Morgan fingerprint density at radius 1 is 1.07 bits per heavy atom. The summed E-state index contributed by atoms with van der Waals surface area (Å²) < 4.78 is 7.61. The Hall–Kier alpha value is -3.55. The van der Waals surface area contributed by atoms with Gasteiger partial charge >= 0.3 is 0 Å². The third kappa shape index (κ3) is 3.69. The number of anilines is 1. The lowest BCUT2D eigenvalue weighted by Crippen LogP contribution is -2.23. The number of hydrogen-bond acceptors (Lipinski definition) is 7. The van der Waals surface area contributed by atoms with E-state index in [-0.39, 0.29) is 6.10 Å². The molecule has 1 atom stereocenters. The van der Waals surface area contributed by atoms with E-state index in [2.05, 4.69) is 25.4 Å². The summed E-state index contributed by atoms with van der Waals surface area (Å²) in [6.07, 6.45) is 8.56. The molecule has 0 aliphatic rings. The van der Waals surface area contributed by atoms with Gasteiger partial charge in [0.2, 0.25) is 0 Å². The van der Waals surface area contributed by atoms with Crippen molar-refractivity contribution in [3.63, 3.8) is 0 Å². The minimum absolute atomic E-state index is 0.0692. The Balaban J connectivity index is 1.59. The van der Waals surface area contributed by atoms with Gasteiger partial charge in [0.1, 0.15) is 17.7 Å². The second-order valence-electron chi connectivity index (χ2n) is 6.14. The van der Waals surface area contributed by atoms with Gasteiger partial charge in [-0.25, -0.2) is 9.97 Å². The lowest BCUT2D eigenvalue weighted by Gasteiger charge is -2.16. The highest BCUT2D eigenvalue weighted by atomic mass is 16.5. The first kappa shape index (κ1) is 16.9. The smallest absolute Gasteiger partial charge is 0.164 e. The van der Waals surface area contributed by atoms with Crippen LogP contribution >= 0.6 is 0 Å². The SMILES string of the molecule is C[C@@H](CNc1nc(-c2ccncc2)nc2c1cnn2C)Oc1cccnc1. The second-order valence-corrected chi connectivity index (χ2v) is 6.14. The van der Waals surface area contributed by atoms with Crippen LogP contribution in [0.5, 0.6) is 5.75 Å². The fourth-order valence-electron chi connectivity index (χ4n) is 2.72. The van der Waals surface area contributed by atoms with Crippen molar-refractivity contribution < 1.29 is 4.74 Å². The summed E-state index contributed by atoms with van der Waals surface area (Å²) in [4.78, 5) is 17.4. The fourth-order valence-corrected chi connectivity index (χ4v) is 2.72. The van der Waals surface area contributed by atoms with E-state index in [9.17, 15) is 0 Å². The third-order valence-corrected chi connectivity index (χ3v) is 4.06. The zero-order valence-corrected chi connectivity index (χ0v) is 15.1. The summed E-state index contributed by atoms with van der Waals surface area (Å²) in [6.45, 7) is 2.57. The Bertz CT molecular complexity index is 1030. The molecule has 0 aliphatic carbocycles. The lowest BCUT2D eigenvalue weighted by atomic mass is 10.2. The first-order valence-corrected chi connectivity index (χ1v) is 8.61. The van der Waals surface area contributed by atoms with Gasteiger partial charge in [0, 0.05) is 31.2 Å². The molecule has 0 aromatic carbocycles. The molecule has 0 saturated carbocycles. The monoisotopic (exact) mass is 361 g/mol. The van der Waals surface area contributed by atoms with Gasteiger partial charge in [-0.3, -0.25) is 14.6 Å². The van der Waals surface area contributed by atoms with E-state index in [0.29, 0.717) is 12.4 Å². The van der Waals surface area contributed by atoms with Crippen LogP contribution in [0.1, 0.15) is 6.92 Å². The van der Waals surface area contributed by atoms with E-state index in [1.807, 2.05) is 38.2 Å². The molecular weight excluding hydrogens is 342 g/mol. The third-order valence-electron chi connectivity index (χ3n) is 4.06. The Kier molecular flexibility index (Phi) is 4.61. The van der Waals surface area contributed by atoms with Crippen molar-refractivity contribution in [3.05, 3.63) is 55.2 Å². The zero-order chi connectivity index (χ0) is 18.6. The topological polar surface area (TPSA) is 90.6 Å². The Morgan fingerprint density at radius 3 is 2.70 bits per heavy atom. The molecule has 1 N–H and O–H groups in total. The van der Waals surface area contributed by atoms with Crippen LogP contribution in [0.2, 0.25) is 0 Å². The number of fused-ring (bicyclic) bond motifs is 1. The minimum Gasteiger partial charge on any atom is -0.487 e. The maximum atomic E-state index is 5.87. The maximum Gasteiger partial charge on any atom is 0.164 e. The average molecular weight is 361 g/mol. The largest absolute Gasteiger partial charge is 0.487 e. The highest BCUT2D eigenvalue weighted by Crippen LogP contribution is 2.24. The number of nitrogens with zero attached hydrogens (tertiary/aromatic N) is 6. The van der Waals surface area contributed by atoms with Crippen LogP contribution in [0.15, 0.2) is 55.2 Å². The molecule has 4 heterocycles. The van der Waals surface area contributed by atoms with Crippen molar-refractivity contribution in [2.45, 2.75) is 13.0 Å². The van der Waals surface area contributed by atoms with Crippen molar-refractivity contribution >= 4 is 16.9 Å². The van der Waals surface area contributed by atoms with Crippen LogP contribution < -0.4 is 10.1 Å². The predicted molar refractivity (Wildman–Crippen MR) is 102 cm³/mol. The fraction of sp³-hybridized carbons (Fsp3) is 0.211. The van der Waals surface area contributed by atoms with E-state index in [1.165, 1.54) is 0 Å². The first-order valence-electron chi connectivity index (χ1n) is 8.61. The molecule has 0 radical (unpaired) electrons. The standard InChI is InChI=1S/C19H19N7O/c1-13(27-15-4-3-7-21-11-15)10-22-18-16-12-23-26(2)19(16)25-17(24-18)14-5-8-20-9-6-14/h3-9,11-13H,10H2,1-2H3,(H,22,24,25)/t13-/m0/s1. The summed E-state index contributed by atoms with van der Waals surface area (Å²) in [5.41, 5.74) is 1.66. The highest BCUT2D eigenvalue weighted by Gasteiger charge is 2.14. The molecule has 0 fully saturated rings. The number of nitrogens with one attached hydrogen (secondary N) is 1. The number of hydrogen-bond donors (Lipinski definition) is 1. The first-order chi connectivity index (χ1) is 13.2. The van der Waals surface area contributed by atoms with Crippen LogP contribution in [0.3, 0.4) is 0 Å². The Morgan fingerprint density at radius 2 is 1.93 bits per heavy atom. The van der Waals surface area contributed by atoms with Crippen molar-refractivity contribution in [2.75, 3.05) is 11.9 Å². The number of ether oxygens (including phenoxy) is 1. The van der Waals surface area contributed by atoms with Gasteiger partial charge in [-0.1, -0.05) is 0 Å². The van der Waals surface area contributed by atoms with Gasteiger partial charge in [0.15, 0.2) is 11.5 Å². The second kappa shape index (κ2) is 7.36. The Labute approximate surface area is 156 Å². The molecule has 0 spiro atoms. The van der Waals surface area contributed by atoms with Crippen LogP contribution in [-0.4, -0.2) is 42.4 Å². The molecular formula is C19H19N7O. The molecule has 0 amide bonds. The number of aryl methyl sites for hydroxylation is 1. The van der Waals surface area contributed by atoms with Crippen molar-refractivity contribution in [2.24, 2.45) is 7.05 Å². The van der Waals surface area contributed by atoms with Crippen LogP contribution in [-0.2, 0) is 7.05 Å². The normalized spacial score (nSPS) is 12.1. The van der Waals surface area contributed by atoms with Gasteiger partial charge in [-0.2, -0.15) is 5.10 Å². The minimum atomic E-state index is -0.0692. The molecule has 8 nitrogen and oxygen atoms in total. The molecule has 0 unspecified atom stereocenters. The summed E-state index contributed by atoms with van der Waals surface area (Å²) in [5.74, 6) is 2.08. The van der Waals surface area contributed by atoms with E-state index in [4.69, 9.17) is 9.72 Å². The van der Waals surface area contributed by atoms with E-state index < -0.39 is 0 Å². The van der Waals surface area contributed by atoms with Gasteiger partial charge in [-0.05, 0) is 31.2 Å². The number of pyridine rings is 2. The summed E-state index contributed by atoms with van der Waals surface area (Å²) in [5, 5.41) is 8.54. The summed E-state index contributed by atoms with van der Waals surface area (Å²) in [7, 11) is 1.86. The number of rotatable bonds is 6. The van der Waals surface area contributed by atoms with E-state index >= 15 is 0 Å². The number of aromatic nitrogens is 6. The quantitative estimate of drug-likeness (QED) is 0.564. The van der Waals surface area contributed by atoms with E-state index in [0.717, 1.165) is 28.2 Å². The van der Waals surface area contributed by atoms with Crippen LogP contribution in [0.4, 0.5) is 5.82 Å². The zero-order valence-electron chi connectivity index (χ0n) is 15.1. The van der Waals surface area contributed by atoms with Crippen molar-refractivity contribution in [1.29, 1.82) is 0 Å². The molecule has 136 valence electrons. The van der Waals surface area contributed by atoms with Gasteiger partial charge in [-0.15, -0.1) is 0 Å². The molecule has 4 rings (SSSR count). The molecule has 4 aromatic heterocycles. The van der Waals surface area contributed by atoms with Crippen LogP contribution in [0.25, 0.3) is 22.4 Å². The average Bonchev–Trinajstić information content (AvgIpc) is 3.08. The summed E-state index contributed by atoms with van der Waals surface area (Å²) >= 11 is 0. The summed E-state index contributed by atoms with van der Waals surface area (Å²) in [6, 6.07) is 7.50. The molecule has 4 aromatic rings. The van der Waals surface area contributed by atoms with Gasteiger partial charge in [0.25, 0.3) is 0 Å². The van der Waals surface area contributed by atoms with Gasteiger partial charge < -0.3 is 10.1 Å². The van der Waals surface area contributed by atoms with Crippen molar-refractivity contribution in [3.8, 4) is 17.1 Å². The molecule has 27 heavy (non-hydrogen) atoms. The highest BCUT2D eigenvalue weighted by molar-refractivity contribution is 5.88. The predicted octanol–water partition coefficient (Wildman–Crippen LogP) is 2.70. The lowest BCUT2D eigenvalue weighted by molar-refractivity contribution is 0.234. The van der Waals surface area contributed by atoms with Crippen LogP contribution in [0, 0.1) is 0 Å². The molecule has 8 heteroatoms. The molecule has 0 bridgehead atoms. The van der Waals surface area contributed by atoms with E-state index in [1.54, 1.807) is 35.7 Å². The molecule has 0 aliphatic heterocycles. The van der Waals surface area contributed by atoms with Gasteiger partial charge in [0.05, 0.1) is 24.3 Å². The molecule has 0 saturated heterocycles.